The molecular weight excluding hydrogens is 520 g/mol. The first-order valence-electron chi connectivity index (χ1n) is 14.1. The third-order valence-corrected chi connectivity index (χ3v) is 7.88. The van der Waals surface area contributed by atoms with Crippen molar-refractivity contribution < 1.29 is 32.9 Å². The first kappa shape index (κ1) is 30.1. The molecule has 1 fully saturated rings. The molecule has 0 saturated carbocycles. The van der Waals surface area contributed by atoms with Crippen LogP contribution in [0.25, 0.3) is 0 Å². The molecule has 220 valence electrons. The number of carboxylic acids is 1. The third kappa shape index (κ3) is 7.67. The van der Waals surface area contributed by atoms with E-state index in [4.69, 9.17) is 19.2 Å². The Morgan fingerprint density at radius 1 is 1.23 bits per heavy atom. The molecular formula is C30H41F2N3O5. The van der Waals surface area contributed by atoms with Gasteiger partial charge in [-0.25, -0.2) is 4.98 Å². The normalized spacial score (nSPS) is 18.4. The number of aliphatic carboxylic acids is 1. The molecule has 2 atom stereocenters. The molecule has 0 radical (unpaired) electrons. The van der Waals surface area contributed by atoms with Gasteiger partial charge >= 0.3 is 12.6 Å². The Morgan fingerprint density at radius 2 is 2.05 bits per heavy atom. The number of fused-ring (bicyclic) bond motifs is 1. The molecule has 1 saturated heterocycles. The first-order valence-corrected chi connectivity index (χ1v) is 14.1. The summed E-state index contributed by atoms with van der Waals surface area (Å²) in [5.74, 6) is -0.246. The van der Waals surface area contributed by atoms with E-state index < -0.39 is 24.2 Å². The van der Waals surface area contributed by atoms with Crippen molar-refractivity contribution in [2.24, 2.45) is 0 Å². The number of aromatic nitrogens is 1. The van der Waals surface area contributed by atoms with E-state index in [1.807, 2.05) is 13.8 Å². The van der Waals surface area contributed by atoms with Crippen LogP contribution in [-0.4, -0.2) is 67.0 Å². The third-order valence-electron chi connectivity index (χ3n) is 7.88. The number of aryl methyl sites for hydroxylation is 2. The summed E-state index contributed by atoms with van der Waals surface area (Å²) in [7, 11) is 1.54. The lowest BCUT2D eigenvalue weighted by atomic mass is 9.93. The minimum Gasteiger partial charge on any atom is -0.480 e. The van der Waals surface area contributed by atoms with Gasteiger partial charge in [-0.1, -0.05) is 18.6 Å². The summed E-state index contributed by atoms with van der Waals surface area (Å²) in [5.41, 5.74) is 2.52. The first-order chi connectivity index (χ1) is 19.2. The number of alkyl halides is 2. The van der Waals surface area contributed by atoms with Crippen molar-refractivity contribution in [2.45, 2.75) is 83.2 Å². The molecule has 1 unspecified atom stereocenters. The summed E-state index contributed by atoms with van der Waals surface area (Å²) in [6.45, 7) is 3.04. The lowest BCUT2D eigenvalue weighted by Crippen LogP contribution is -2.34. The number of benzene rings is 1. The van der Waals surface area contributed by atoms with Gasteiger partial charge in [0.05, 0.1) is 11.7 Å². The number of carboxylic acid groups (broad SMARTS) is 1. The Bertz CT molecular complexity index is 1150. The number of anilines is 1. The summed E-state index contributed by atoms with van der Waals surface area (Å²) in [6.07, 6.45) is 6.65. The smallest absolute Gasteiger partial charge is 0.387 e. The molecule has 8 nitrogen and oxygen atoms in total. The number of rotatable bonds is 14. The minimum absolute atomic E-state index is 0.117. The van der Waals surface area contributed by atoms with Gasteiger partial charge in [-0.3, -0.25) is 9.69 Å². The topological polar surface area (TPSA) is 93.2 Å². The molecule has 0 bridgehead atoms. The second-order valence-corrected chi connectivity index (χ2v) is 11.0. The van der Waals surface area contributed by atoms with Crippen LogP contribution in [0.1, 0.15) is 74.4 Å². The molecule has 3 heterocycles. The van der Waals surface area contributed by atoms with Crippen molar-refractivity contribution >= 4 is 11.8 Å². The quantitative estimate of drug-likeness (QED) is 0.290. The van der Waals surface area contributed by atoms with Crippen molar-refractivity contribution in [3.8, 4) is 5.75 Å². The monoisotopic (exact) mass is 561 g/mol. The van der Waals surface area contributed by atoms with Crippen LogP contribution < -0.4 is 10.1 Å². The Hall–Kier alpha value is -2.82. The molecule has 10 heteroatoms. The predicted molar refractivity (Wildman–Crippen MR) is 148 cm³/mol. The Labute approximate surface area is 235 Å². The Kier molecular flexibility index (Phi) is 10.3. The van der Waals surface area contributed by atoms with Gasteiger partial charge in [0.15, 0.2) is 0 Å². The zero-order valence-electron chi connectivity index (χ0n) is 23.6. The minimum atomic E-state index is -3.07. The van der Waals surface area contributed by atoms with E-state index in [1.165, 1.54) is 11.6 Å². The number of halogens is 2. The van der Waals surface area contributed by atoms with E-state index in [2.05, 4.69) is 17.4 Å². The van der Waals surface area contributed by atoms with Crippen LogP contribution in [0, 0.1) is 0 Å². The molecule has 0 aliphatic carbocycles. The SMILES string of the molecule is COC(C)(C)c1ccc(OC(F)F)c(C(C(=O)O)N2CC[C@@H](OCCCCCc3ccc4c(n3)NCCC4)C2)c1. The van der Waals surface area contributed by atoms with Crippen LogP contribution >= 0.6 is 0 Å². The molecule has 40 heavy (non-hydrogen) atoms. The highest BCUT2D eigenvalue weighted by Crippen LogP contribution is 2.37. The largest absolute Gasteiger partial charge is 0.480 e. The van der Waals surface area contributed by atoms with Gasteiger partial charge < -0.3 is 24.6 Å². The molecule has 1 aromatic carbocycles. The van der Waals surface area contributed by atoms with Crippen LogP contribution in [0.4, 0.5) is 14.6 Å². The maximum atomic E-state index is 13.2. The zero-order chi connectivity index (χ0) is 28.7. The van der Waals surface area contributed by atoms with Crippen molar-refractivity contribution in [3.63, 3.8) is 0 Å². The van der Waals surface area contributed by atoms with Crippen LogP contribution in [0.5, 0.6) is 5.75 Å². The van der Waals surface area contributed by atoms with Crippen molar-refractivity contribution in [3.05, 3.63) is 52.7 Å². The summed E-state index contributed by atoms with van der Waals surface area (Å²) >= 11 is 0. The fourth-order valence-electron chi connectivity index (χ4n) is 5.41. The van der Waals surface area contributed by atoms with E-state index in [1.54, 1.807) is 24.1 Å². The van der Waals surface area contributed by atoms with E-state index in [0.29, 0.717) is 31.7 Å². The zero-order valence-corrected chi connectivity index (χ0v) is 23.6. The lowest BCUT2D eigenvalue weighted by molar-refractivity contribution is -0.143. The highest BCUT2D eigenvalue weighted by molar-refractivity contribution is 5.77. The van der Waals surface area contributed by atoms with Gasteiger partial charge in [-0.2, -0.15) is 8.78 Å². The fraction of sp³-hybridized carbons (Fsp3) is 0.600. The molecule has 0 amide bonds. The number of hydrogen-bond acceptors (Lipinski definition) is 7. The summed E-state index contributed by atoms with van der Waals surface area (Å²) in [6, 6.07) is 7.78. The Balaban J connectivity index is 1.29. The number of pyridine rings is 1. The molecule has 4 rings (SSSR count). The number of methoxy groups -OCH3 is 1. The number of nitrogens with zero attached hydrogens (tertiary/aromatic N) is 2. The highest BCUT2D eigenvalue weighted by Gasteiger charge is 2.37. The number of ether oxygens (including phenoxy) is 3. The van der Waals surface area contributed by atoms with Crippen LogP contribution in [0.2, 0.25) is 0 Å². The lowest BCUT2D eigenvalue weighted by Gasteiger charge is -2.29. The summed E-state index contributed by atoms with van der Waals surface area (Å²) < 4.78 is 42.7. The highest BCUT2D eigenvalue weighted by atomic mass is 19.3. The van der Waals surface area contributed by atoms with E-state index >= 15 is 0 Å². The second kappa shape index (κ2) is 13.7. The maximum absolute atomic E-state index is 13.2. The fourth-order valence-corrected chi connectivity index (χ4v) is 5.41. The van der Waals surface area contributed by atoms with Crippen LogP contribution in [-0.2, 0) is 32.7 Å². The van der Waals surface area contributed by atoms with Gasteiger partial charge in [0.25, 0.3) is 0 Å². The summed E-state index contributed by atoms with van der Waals surface area (Å²) in [4.78, 5) is 18.9. The van der Waals surface area contributed by atoms with E-state index in [0.717, 1.165) is 56.6 Å². The average Bonchev–Trinajstić information content (AvgIpc) is 3.39. The number of nitrogens with one attached hydrogen (secondary N) is 1. The van der Waals surface area contributed by atoms with Gasteiger partial charge in [0.1, 0.15) is 17.6 Å². The average molecular weight is 562 g/mol. The maximum Gasteiger partial charge on any atom is 0.387 e. The summed E-state index contributed by atoms with van der Waals surface area (Å²) in [5, 5.41) is 13.5. The standard InChI is InChI=1S/C30H41F2N3O5/c1-30(2,38-3)21-11-13-25(40-29(31)32)24(18-21)26(28(36)37)35-16-14-23(19-35)39-17-6-4-5-9-22-12-10-20-8-7-15-33-27(20)34-22/h10-13,18,23,26,29H,4-9,14-17,19H2,1-3H3,(H,33,34)(H,36,37)/t23-,26?/m1/s1. The number of unbranched alkanes of at least 4 members (excludes halogenated alkanes) is 2. The molecule has 1 aromatic heterocycles. The van der Waals surface area contributed by atoms with Crippen LogP contribution in [0.3, 0.4) is 0 Å². The molecule has 2 aliphatic rings. The molecule has 2 N–H and O–H groups in total. The molecule has 2 aromatic rings. The van der Waals surface area contributed by atoms with E-state index in [9.17, 15) is 18.7 Å². The van der Waals surface area contributed by atoms with Crippen molar-refractivity contribution in [2.75, 3.05) is 38.7 Å². The number of likely N-dealkylation sites (tertiary alicyclic amines) is 1. The Morgan fingerprint density at radius 3 is 2.80 bits per heavy atom. The van der Waals surface area contributed by atoms with Crippen LogP contribution in [0.15, 0.2) is 30.3 Å². The van der Waals surface area contributed by atoms with E-state index in [-0.39, 0.29) is 17.4 Å². The van der Waals surface area contributed by atoms with Gasteiger partial charge in [-0.05, 0) is 81.7 Å². The molecule has 0 spiro atoms. The number of hydrogen-bond donors (Lipinski definition) is 2. The van der Waals surface area contributed by atoms with Gasteiger partial charge in [0, 0.05) is 44.6 Å². The second-order valence-electron chi connectivity index (χ2n) is 11.0. The van der Waals surface area contributed by atoms with Crippen molar-refractivity contribution in [1.29, 1.82) is 0 Å². The van der Waals surface area contributed by atoms with Crippen molar-refractivity contribution in [1.82, 2.24) is 9.88 Å². The predicted octanol–water partition coefficient (Wildman–Crippen LogP) is 5.55. The van der Waals surface area contributed by atoms with Gasteiger partial charge in [0.2, 0.25) is 0 Å². The number of carbonyl (C=O) groups is 1. The van der Waals surface area contributed by atoms with Gasteiger partial charge in [-0.15, -0.1) is 0 Å². The molecule has 2 aliphatic heterocycles.